The average molecular weight is 372 g/mol. The van der Waals surface area contributed by atoms with Crippen LogP contribution in [-0.2, 0) is 16.0 Å². The first kappa shape index (κ1) is 19.0. The molecule has 0 bridgehead atoms. The minimum atomic E-state index is -0.879. The molecule has 6 heteroatoms. The van der Waals surface area contributed by atoms with Crippen LogP contribution in [0.3, 0.4) is 0 Å². The van der Waals surface area contributed by atoms with Crippen LogP contribution >= 0.6 is 0 Å². The number of likely N-dealkylation sites (tertiary alicyclic amines) is 1. The van der Waals surface area contributed by atoms with Crippen LogP contribution < -0.4 is 5.32 Å². The van der Waals surface area contributed by atoms with E-state index in [4.69, 9.17) is 0 Å². The molecule has 0 spiro atoms. The third kappa shape index (κ3) is 5.12. The van der Waals surface area contributed by atoms with Gasteiger partial charge in [-0.25, -0.2) is 8.78 Å². The number of aryl methyl sites for hydroxylation is 1. The second-order valence-electron chi connectivity index (χ2n) is 7.06. The smallest absolute Gasteiger partial charge is 0.313 e. The van der Waals surface area contributed by atoms with Crippen molar-refractivity contribution in [3.8, 4) is 0 Å². The summed E-state index contributed by atoms with van der Waals surface area (Å²) in [5.41, 5.74) is 2.34. The summed E-state index contributed by atoms with van der Waals surface area (Å²) in [6, 6.07) is 11.0. The highest BCUT2D eigenvalue weighted by Crippen LogP contribution is 2.22. The van der Waals surface area contributed by atoms with Crippen LogP contribution in [0, 0.1) is 24.5 Å². The Balaban J connectivity index is 1.60. The number of nitrogens with one attached hydrogen (secondary N) is 1. The van der Waals surface area contributed by atoms with Gasteiger partial charge in [-0.1, -0.05) is 29.8 Å². The molecule has 0 aliphatic carbocycles. The van der Waals surface area contributed by atoms with Gasteiger partial charge in [0.1, 0.15) is 11.6 Å². The van der Waals surface area contributed by atoms with Crippen molar-refractivity contribution >= 4 is 17.5 Å². The molecule has 1 aliphatic heterocycles. The molecule has 3 rings (SSSR count). The summed E-state index contributed by atoms with van der Waals surface area (Å²) in [5.74, 6) is -2.89. The number of carbonyl (C=O) groups excluding carboxylic acids is 2. The number of halogens is 2. The number of hydrogen-bond acceptors (Lipinski definition) is 2. The molecule has 1 aliphatic rings. The summed E-state index contributed by atoms with van der Waals surface area (Å²) in [6.07, 6.45) is 2.67. The van der Waals surface area contributed by atoms with E-state index in [0.29, 0.717) is 19.2 Å². The number of carbonyl (C=O) groups is 2. The van der Waals surface area contributed by atoms with Gasteiger partial charge in [0.2, 0.25) is 0 Å². The Morgan fingerprint density at radius 1 is 1.11 bits per heavy atom. The van der Waals surface area contributed by atoms with E-state index in [1.165, 1.54) is 16.0 Å². The van der Waals surface area contributed by atoms with Crippen LogP contribution in [0.5, 0.6) is 0 Å². The summed E-state index contributed by atoms with van der Waals surface area (Å²) in [4.78, 5) is 26.2. The Morgan fingerprint density at radius 3 is 2.44 bits per heavy atom. The van der Waals surface area contributed by atoms with Gasteiger partial charge in [0, 0.05) is 24.8 Å². The molecule has 1 N–H and O–H groups in total. The molecular weight excluding hydrogens is 350 g/mol. The van der Waals surface area contributed by atoms with Gasteiger partial charge in [-0.15, -0.1) is 0 Å². The molecule has 0 aromatic heterocycles. The molecule has 1 saturated heterocycles. The third-order valence-corrected chi connectivity index (χ3v) is 4.77. The molecule has 0 unspecified atom stereocenters. The lowest BCUT2D eigenvalue weighted by Gasteiger charge is -2.32. The predicted molar refractivity (Wildman–Crippen MR) is 99.2 cm³/mol. The zero-order chi connectivity index (χ0) is 19.4. The quantitative estimate of drug-likeness (QED) is 0.836. The van der Waals surface area contributed by atoms with Crippen molar-refractivity contribution in [1.29, 1.82) is 0 Å². The van der Waals surface area contributed by atoms with Crippen LogP contribution in [0.2, 0.25) is 0 Å². The van der Waals surface area contributed by atoms with Crippen LogP contribution in [0.15, 0.2) is 42.5 Å². The average Bonchev–Trinajstić information content (AvgIpc) is 2.62. The predicted octanol–water partition coefficient (Wildman–Crippen LogP) is 3.69. The monoisotopic (exact) mass is 372 g/mol. The number of rotatable bonds is 3. The fourth-order valence-corrected chi connectivity index (χ4v) is 3.43. The zero-order valence-electron chi connectivity index (χ0n) is 15.2. The number of benzene rings is 2. The lowest BCUT2D eigenvalue weighted by Crippen LogP contribution is -2.45. The molecule has 142 valence electrons. The fraction of sp³-hybridized carbons (Fsp3) is 0.333. The molecule has 2 amide bonds. The normalized spacial score (nSPS) is 16.9. The van der Waals surface area contributed by atoms with E-state index < -0.39 is 23.4 Å². The Hall–Kier alpha value is -2.76. The first-order valence-electron chi connectivity index (χ1n) is 9.02. The number of amides is 2. The van der Waals surface area contributed by atoms with Gasteiger partial charge in [-0.05, 0) is 49.8 Å². The number of piperidine rings is 1. The van der Waals surface area contributed by atoms with Gasteiger partial charge in [0.15, 0.2) is 0 Å². The van der Waals surface area contributed by atoms with Crippen molar-refractivity contribution in [3.63, 3.8) is 0 Å². The Morgan fingerprint density at radius 2 is 1.78 bits per heavy atom. The summed E-state index contributed by atoms with van der Waals surface area (Å²) in [6.45, 7) is 3.04. The van der Waals surface area contributed by atoms with E-state index in [9.17, 15) is 18.4 Å². The van der Waals surface area contributed by atoms with Crippen LogP contribution in [0.1, 0.15) is 24.0 Å². The lowest BCUT2D eigenvalue weighted by molar-refractivity contribution is -0.144. The van der Waals surface area contributed by atoms with Crippen LogP contribution in [0.25, 0.3) is 0 Å². The van der Waals surface area contributed by atoms with Crippen molar-refractivity contribution in [3.05, 3.63) is 65.2 Å². The van der Waals surface area contributed by atoms with E-state index in [1.807, 2.05) is 6.92 Å². The second-order valence-corrected chi connectivity index (χ2v) is 7.06. The number of nitrogens with zero attached hydrogens (tertiary/aromatic N) is 1. The topological polar surface area (TPSA) is 49.4 Å². The first-order valence-corrected chi connectivity index (χ1v) is 9.02. The Kier molecular flexibility index (Phi) is 5.84. The van der Waals surface area contributed by atoms with E-state index in [-0.39, 0.29) is 11.6 Å². The van der Waals surface area contributed by atoms with Crippen molar-refractivity contribution in [2.45, 2.75) is 26.2 Å². The SMILES string of the molecule is Cc1ccc(C[C@H]2CCCN(C(=O)C(=O)Nc3cc(F)cc(F)c3)C2)cc1. The molecule has 2 aromatic carbocycles. The zero-order valence-corrected chi connectivity index (χ0v) is 15.2. The molecule has 27 heavy (non-hydrogen) atoms. The highest BCUT2D eigenvalue weighted by molar-refractivity contribution is 6.39. The van der Waals surface area contributed by atoms with Gasteiger partial charge in [-0.2, -0.15) is 0 Å². The van der Waals surface area contributed by atoms with Gasteiger partial charge in [-0.3, -0.25) is 9.59 Å². The van der Waals surface area contributed by atoms with E-state index >= 15 is 0 Å². The Labute approximate surface area is 157 Å². The van der Waals surface area contributed by atoms with Crippen molar-refractivity contribution in [1.82, 2.24) is 4.90 Å². The largest absolute Gasteiger partial charge is 0.334 e. The minimum Gasteiger partial charge on any atom is -0.334 e. The molecule has 4 nitrogen and oxygen atoms in total. The number of hydrogen-bond donors (Lipinski definition) is 1. The van der Waals surface area contributed by atoms with Crippen molar-refractivity contribution in [2.75, 3.05) is 18.4 Å². The van der Waals surface area contributed by atoms with Crippen LogP contribution in [-0.4, -0.2) is 29.8 Å². The molecule has 2 aromatic rings. The highest BCUT2D eigenvalue weighted by atomic mass is 19.1. The lowest BCUT2D eigenvalue weighted by atomic mass is 9.91. The number of anilines is 1. The molecule has 1 fully saturated rings. The summed E-state index contributed by atoms with van der Waals surface area (Å²) >= 11 is 0. The third-order valence-electron chi connectivity index (χ3n) is 4.77. The fourth-order valence-electron chi connectivity index (χ4n) is 3.43. The highest BCUT2D eigenvalue weighted by Gasteiger charge is 2.28. The van der Waals surface area contributed by atoms with Crippen molar-refractivity contribution < 1.29 is 18.4 Å². The van der Waals surface area contributed by atoms with E-state index in [0.717, 1.165) is 31.4 Å². The van der Waals surface area contributed by atoms with Crippen molar-refractivity contribution in [2.24, 2.45) is 5.92 Å². The molecule has 0 saturated carbocycles. The van der Waals surface area contributed by atoms with Crippen LogP contribution in [0.4, 0.5) is 14.5 Å². The molecule has 1 atom stereocenters. The second kappa shape index (κ2) is 8.29. The maximum Gasteiger partial charge on any atom is 0.313 e. The summed E-state index contributed by atoms with van der Waals surface area (Å²) in [7, 11) is 0. The molecule has 1 heterocycles. The van der Waals surface area contributed by atoms with E-state index in [2.05, 4.69) is 29.6 Å². The molecule has 0 radical (unpaired) electrons. The first-order chi connectivity index (χ1) is 12.9. The maximum absolute atomic E-state index is 13.2. The molecular formula is C21H22F2N2O2. The summed E-state index contributed by atoms with van der Waals surface area (Å²) in [5, 5.41) is 2.28. The Bertz CT molecular complexity index is 816. The maximum atomic E-state index is 13.2. The van der Waals surface area contributed by atoms with Gasteiger partial charge in [0.25, 0.3) is 0 Å². The van der Waals surface area contributed by atoms with Gasteiger partial charge >= 0.3 is 11.8 Å². The van der Waals surface area contributed by atoms with E-state index in [1.54, 1.807) is 0 Å². The minimum absolute atomic E-state index is 0.0703. The van der Waals surface area contributed by atoms with Gasteiger partial charge in [0.05, 0.1) is 0 Å². The standard InChI is InChI=1S/C21H22F2N2O2/c1-14-4-6-15(7-5-14)9-16-3-2-8-25(13-16)21(27)20(26)24-19-11-17(22)10-18(23)12-19/h4-7,10-12,16H,2-3,8-9,13H2,1H3,(H,24,26)/t16-/m1/s1. The van der Waals surface area contributed by atoms with Gasteiger partial charge < -0.3 is 10.2 Å². The summed E-state index contributed by atoms with van der Waals surface area (Å²) < 4.78 is 26.5.